The standard InChI is InChI=1S/C25H27ClN4O6S/c26-21-8-7-20(37-21)24(33)27-13-16-14-30(25(34)35-16)15-4-5-18(29-10-2-1-3-11-29)17(12-15)28-23(32)19-6-9-22(31)36-19/h4-5,7-8,12,16,19H,1-3,6,9-11,13-14H2,(H,27,33)(H,28,32). The Morgan fingerprint density at radius 2 is 1.89 bits per heavy atom. The van der Waals surface area contributed by atoms with Crippen LogP contribution < -0.4 is 20.4 Å². The van der Waals surface area contributed by atoms with Gasteiger partial charge in [-0.2, -0.15) is 0 Å². The highest BCUT2D eigenvalue weighted by atomic mass is 35.5. The fourth-order valence-electron chi connectivity index (χ4n) is 4.69. The molecule has 0 saturated carbocycles. The van der Waals surface area contributed by atoms with Crippen molar-refractivity contribution in [1.82, 2.24) is 5.32 Å². The number of halogens is 1. The van der Waals surface area contributed by atoms with E-state index >= 15 is 0 Å². The topological polar surface area (TPSA) is 117 Å². The van der Waals surface area contributed by atoms with Gasteiger partial charge in [0.15, 0.2) is 6.10 Å². The second-order valence-electron chi connectivity index (χ2n) is 9.19. The lowest BCUT2D eigenvalue weighted by atomic mass is 10.1. The molecule has 1 aromatic carbocycles. The number of cyclic esters (lactones) is 2. The molecule has 0 aliphatic carbocycles. The average molecular weight is 547 g/mol. The summed E-state index contributed by atoms with van der Waals surface area (Å²) in [6, 6.07) is 8.75. The highest BCUT2D eigenvalue weighted by Gasteiger charge is 2.34. The van der Waals surface area contributed by atoms with Gasteiger partial charge >= 0.3 is 12.1 Å². The van der Waals surface area contributed by atoms with Crippen molar-refractivity contribution in [3.63, 3.8) is 0 Å². The first-order chi connectivity index (χ1) is 17.9. The Morgan fingerprint density at radius 3 is 2.59 bits per heavy atom. The van der Waals surface area contributed by atoms with Crippen LogP contribution in [-0.2, 0) is 19.1 Å². The van der Waals surface area contributed by atoms with E-state index in [1.807, 2.05) is 12.1 Å². The minimum atomic E-state index is -0.826. The molecule has 5 rings (SSSR count). The maximum Gasteiger partial charge on any atom is 0.414 e. The quantitative estimate of drug-likeness (QED) is 0.507. The monoisotopic (exact) mass is 546 g/mol. The van der Waals surface area contributed by atoms with Crippen molar-refractivity contribution >= 4 is 63.9 Å². The molecule has 2 aromatic rings. The number of hydrogen-bond donors (Lipinski definition) is 2. The van der Waals surface area contributed by atoms with E-state index < -0.39 is 18.3 Å². The first kappa shape index (κ1) is 25.3. The van der Waals surface area contributed by atoms with E-state index in [4.69, 9.17) is 21.1 Å². The van der Waals surface area contributed by atoms with Crippen LogP contribution in [0.15, 0.2) is 30.3 Å². The Bertz CT molecular complexity index is 1210. The Hall–Kier alpha value is -3.31. The fourth-order valence-corrected chi connectivity index (χ4v) is 5.65. The summed E-state index contributed by atoms with van der Waals surface area (Å²) in [4.78, 5) is 53.5. The number of anilines is 3. The maximum absolute atomic E-state index is 12.9. The van der Waals surface area contributed by atoms with Crippen molar-refractivity contribution in [1.29, 1.82) is 0 Å². The molecule has 0 bridgehead atoms. The molecular weight excluding hydrogens is 520 g/mol. The van der Waals surface area contributed by atoms with Crippen LogP contribution in [0.5, 0.6) is 0 Å². The second-order valence-corrected chi connectivity index (χ2v) is 10.9. The second kappa shape index (κ2) is 11.0. The Morgan fingerprint density at radius 1 is 1.08 bits per heavy atom. The van der Waals surface area contributed by atoms with Crippen LogP contribution >= 0.6 is 22.9 Å². The summed E-state index contributed by atoms with van der Waals surface area (Å²) in [5, 5.41) is 5.69. The number of carbonyl (C=O) groups is 4. The highest BCUT2D eigenvalue weighted by Crippen LogP contribution is 2.34. The average Bonchev–Trinajstić information content (AvgIpc) is 3.63. The number of nitrogens with zero attached hydrogens (tertiary/aromatic N) is 2. The van der Waals surface area contributed by atoms with E-state index in [1.54, 1.807) is 18.2 Å². The van der Waals surface area contributed by atoms with Gasteiger partial charge in [0.1, 0.15) is 6.10 Å². The molecule has 196 valence electrons. The molecule has 10 nitrogen and oxygen atoms in total. The van der Waals surface area contributed by atoms with Crippen LogP contribution in [0, 0.1) is 0 Å². The lowest BCUT2D eigenvalue weighted by molar-refractivity contribution is -0.146. The van der Waals surface area contributed by atoms with E-state index in [-0.39, 0.29) is 37.3 Å². The van der Waals surface area contributed by atoms with Crippen molar-refractivity contribution in [3.8, 4) is 0 Å². The van der Waals surface area contributed by atoms with E-state index in [0.29, 0.717) is 27.0 Å². The summed E-state index contributed by atoms with van der Waals surface area (Å²) in [6.45, 7) is 2.12. The molecule has 0 radical (unpaired) electrons. The van der Waals surface area contributed by atoms with Gasteiger partial charge < -0.3 is 25.0 Å². The van der Waals surface area contributed by atoms with Gasteiger partial charge in [0.2, 0.25) is 0 Å². The SMILES string of the molecule is O=C1CCC(C(=O)Nc2cc(N3CC(CNC(=O)c4ccc(Cl)s4)OC3=O)ccc2N2CCCCC2)O1. The van der Waals surface area contributed by atoms with Crippen LogP contribution in [0.2, 0.25) is 4.34 Å². The molecule has 3 amide bonds. The normalized spacial score (nSPS) is 21.5. The van der Waals surface area contributed by atoms with Gasteiger partial charge in [-0.15, -0.1) is 11.3 Å². The number of hydrogen-bond acceptors (Lipinski definition) is 8. The van der Waals surface area contributed by atoms with Gasteiger partial charge in [-0.3, -0.25) is 19.3 Å². The third kappa shape index (κ3) is 5.83. The Balaban J connectivity index is 1.30. The number of esters is 1. The summed E-state index contributed by atoms with van der Waals surface area (Å²) in [6.07, 6.45) is 1.92. The molecular formula is C25H27ClN4O6S. The van der Waals surface area contributed by atoms with Gasteiger partial charge in [0.05, 0.1) is 33.7 Å². The summed E-state index contributed by atoms with van der Waals surface area (Å²) in [5.74, 6) is -1.06. The number of nitrogens with one attached hydrogen (secondary N) is 2. The number of carbonyl (C=O) groups excluding carboxylic acids is 4. The fraction of sp³-hybridized carbons (Fsp3) is 0.440. The zero-order valence-electron chi connectivity index (χ0n) is 20.0. The van der Waals surface area contributed by atoms with Crippen LogP contribution in [-0.4, -0.2) is 62.3 Å². The van der Waals surface area contributed by atoms with E-state index in [9.17, 15) is 19.2 Å². The number of thiophene rings is 1. The van der Waals surface area contributed by atoms with Crippen LogP contribution in [0.25, 0.3) is 0 Å². The third-order valence-corrected chi connectivity index (χ3v) is 7.81. The van der Waals surface area contributed by atoms with Crippen molar-refractivity contribution in [2.75, 3.05) is 41.3 Å². The van der Waals surface area contributed by atoms with Crippen LogP contribution in [0.4, 0.5) is 21.9 Å². The summed E-state index contributed by atoms with van der Waals surface area (Å²) >= 11 is 7.07. The predicted octanol–water partition coefficient (Wildman–Crippen LogP) is 3.79. The van der Waals surface area contributed by atoms with E-state index in [1.165, 1.54) is 16.2 Å². The number of rotatable bonds is 7. The number of piperidine rings is 1. The number of benzene rings is 1. The van der Waals surface area contributed by atoms with Gasteiger partial charge in [-0.1, -0.05) is 11.6 Å². The molecule has 4 heterocycles. The first-order valence-electron chi connectivity index (χ1n) is 12.3. The molecule has 2 atom stereocenters. The van der Waals surface area contributed by atoms with Crippen LogP contribution in [0.1, 0.15) is 41.8 Å². The number of ether oxygens (including phenoxy) is 2. The van der Waals surface area contributed by atoms with Crippen molar-refractivity contribution in [2.24, 2.45) is 0 Å². The summed E-state index contributed by atoms with van der Waals surface area (Å²) in [5.41, 5.74) is 1.96. The molecule has 2 unspecified atom stereocenters. The number of amides is 3. The molecule has 1 aromatic heterocycles. The molecule has 0 spiro atoms. The third-order valence-electron chi connectivity index (χ3n) is 6.58. The Labute approximate surface area is 222 Å². The van der Waals surface area contributed by atoms with Crippen LogP contribution in [0.3, 0.4) is 0 Å². The Kier molecular flexibility index (Phi) is 7.52. The molecule has 3 fully saturated rings. The van der Waals surface area contributed by atoms with Gasteiger partial charge in [-0.25, -0.2) is 4.79 Å². The molecule has 12 heteroatoms. The zero-order chi connectivity index (χ0) is 25.9. The molecule has 37 heavy (non-hydrogen) atoms. The molecule has 3 aliphatic heterocycles. The predicted molar refractivity (Wildman–Crippen MR) is 140 cm³/mol. The van der Waals surface area contributed by atoms with Crippen molar-refractivity contribution < 1.29 is 28.7 Å². The van der Waals surface area contributed by atoms with Crippen molar-refractivity contribution in [3.05, 3.63) is 39.5 Å². The van der Waals surface area contributed by atoms with Gasteiger partial charge in [0.25, 0.3) is 11.8 Å². The van der Waals surface area contributed by atoms with Gasteiger partial charge in [0, 0.05) is 31.6 Å². The molecule has 2 N–H and O–H groups in total. The van der Waals surface area contributed by atoms with E-state index in [0.717, 1.165) is 38.0 Å². The smallest absolute Gasteiger partial charge is 0.414 e. The molecule has 3 saturated heterocycles. The molecule has 3 aliphatic rings. The lowest BCUT2D eigenvalue weighted by Crippen LogP contribution is -2.34. The lowest BCUT2D eigenvalue weighted by Gasteiger charge is -2.31. The van der Waals surface area contributed by atoms with Gasteiger partial charge in [-0.05, 0) is 49.6 Å². The van der Waals surface area contributed by atoms with E-state index in [2.05, 4.69) is 15.5 Å². The minimum absolute atomic E-state index is 0.152. The maximum atomic E-state index is 12.9. The first-order valence-corrected chi connectivity index (χ1v) is 13.5. The summed E-state index contributed by atoms with van der Waals surface area (Å²) in [7, 11) is 0. The highest BCUT2D eigenvalue weighted by molar-refractivity contribution is 7.18. The zero-order valence-corrected chi connectivity index (χ0v) is 21.6. The minimum Gasteiger partial charge on any atom is -0.452 e. The largest absolute Gasteiger partial charge is 0.452 e. The van der Waals surface area contributed by atoms with Crippen molar-refractivity contribution in [2.45, 2.75) is 44.3 Å². The summed E-state index contributed by atoms with van der Waals surface area (Å²) < 4.78 is 11.1.